The van der Waals surface area contributed by atoms with E-state index < -0.39 is 15.8 Å². The van der Waals surface area contributed by atoms with Crippen LogP contribution < -0.4 is 0 Å². The zero-order valence-corrected chi connectivity index (χ0v) is 17.8. The highest BCUT2D eigenvalue weighted by molar-refractivity contribution is 7.99. The van der Waals surface area contributed by atoms with Gasteiger partial charge in [-0.3, -0.25) is 4.79 Å². The van der Waals surface area contributed by atoms with E-state index in [4.69, 9.17) is 0 Å². The first-order chi connectivity index (χ1) is 12.3. The molecule has 0 aliphatic rings. The van der Waals surface area contributed by atoms with Crippen molar-refractivity contribution in [3.05, 3.63) is 59.7 Å². The summed E-state index contributed by atoms with van der Waals surface area (Å²) in [6, 6.07) is 14.8. The molecule has 142 valence electrons. The Morgan fingerprint density at radius 2 is 1.38 bits per heavy atom. The summed E-state index contributed by atoms with van der Waals surface area (Å²) < 4.78 is 25.1. The minimum atomic E-state index is -3.47. The van der Waals surface area contributed by atoms with Crippen molar-refractivity contribution in [2.75, 3.05) is 11.5 Å². The van der Waals surface area contributed by atoms with Gasteiger partial charge in [-0.15, -0.1) is 11.8 Å². The van der Waals surface area contributed by atoms with Gasteiger partial charge in [0.1, 0.15) is 5.78 Å². The van der Waals surface area contributed by atoms with Crippen molar-refractivity contribution >= 4 is 27.4 Å². The summed E-state index contributed by atoms with van der Waals surface area (Å²) in [5.41, 5.74) is 2.18. The molecular formula is C21H28O3S2. The lowest BCUT2D eigenvalue weighted by atomic mass is 10.1. The number of carbonyl (C=O) groups is 1. The molecule has 2 aromatic rings. The minimum Gasteiger partial charge on any atom is -0.300 e. The van der Waals surface area contributed by atoms with Gasteiger partial charge >= 0.3 is 0 Å². The highest BCUT2D eigenvalue weighted by Gasteiger charge is 2.24. The van der Waals surface area contributed by atoms with Gasteiger partial charge in [-0.2, -0.15) is 0 Å². The Morgan fingerprint density at radius 1 is 0.923 bits per heavy atom. The van der Waals surface area contributed by atoms with Crippen LogP contribution in [0.1, 0.15) is 31.9 Å². The quantitative estimate of drug-likeness (QED) is 0.615. The van der Waals surface area contributed by atoms with Crippen LogP contribution in [0.4, 0.5) is 0 Å². The van der Waals surface area contributed by atoms with Gasteiger partial charge in [-0.1, -0.05) is 49.2 Å². The molecule has 0 saturated carbocycles. The zero-order valence-electron chi connectivity index (χ0n) is 16.2. The van der Waals surface area contributed by atoms with Crippen molar-refractivity contribution in [1.29, 1.82) is 0 Å². The van der Waals surface area contributed by atoms with Gasteiger partial charge in [-0.05, 0) is 45.0 Å². The number of Topliss-reactive ketones (excluding diaryl/α,β-unsaturated/α-hetero) is 1. The Morgan fingerprint density at radius 3 is 1.85 bits per heavy atom. The number of benzene rings is 2. The number of hydrogen-bond donors (Lipinski definition) is 0. The lowest BCUT2D eigenvalue weighted by Crippen LogP contribution is -2.24. The van der Waals surface area contributed by atoms with Crippen LogP contribution in [0.3, 0.4) is 0 Å². The van der Waals surface area contributed by atoms with Crippen LogP contribution in [-0.4, -0.2) is 25.7 Å². The Bertz CT molecular complexity index is 792. The summed E-state index contributed by atoms with van der Waals surface area (Å²) in [4.78, 5) is 13.2. The van der Waals surface area contributed by atoms with Gasteiger partial charge in [0.05, 0.1) is 10.6 Å². The summed E-state index contributed by atoms with van der Waals surface area (Å²) in [5, 5.41) is 0. The van der Waals surface area contributed by atoms with E-state index in [-0.39, 0.29) is 16.4 Å². The average molecular weight is 393 g/mol. The van der Waals surface area contributed by atoms with E-state index >= 15 is 0 Å². The van der Waals surface area contributed by atoms with Crippen molar-refractivity contribution < 1.29 is 13.2 Å². The number of aryl methyl sites for hydroxylation is 2. The molecule has 5 heteroatoms. The highest BCUT2D eigenvalue weighted by atomic mass is 32.2. The van der Waals surface area contributed by atoms with Crippen LogP contribution in [-0.2, 0) is 14.6 Å². The van der Waals surface area contributed by atoms with E-state index in [0.29, 0.717) is 5.75 Å². The summed E-state index contributed by atoms with van der Waals surface area (Å²) in [5.74, 6) is -0.291. The lowest BCUT2D eigenvalue weighted by molar-refractivity contribution is -0.119. The summed E-state index contributed by atoms with van der Waals surface area (Å²) in [6.45, 7) is 9.39. The summed E-state index contributed by atoms with van der Waals surface area (Å²) in [6.07, 6.45) is 0. The number of hydrogen-bond acceptors (Lipinski definition) is 4. The molecule has 0 aromatic heterocycles. The molecule has 1 unspecified atom stereocenters. The van der Waals surface area contributed by atoms with Gasteiger partial charge in [0.15, 0.2) is 9.84 Å². The second kappa shape index (κ2) is 10.5. The predicted molar refractivity (Wildman–Crippen MR) is 111 cm³/mol. The second-order valence-corrected chi connectivity index (χ2v) is 9.15. The molecule has 2 rings (SSSR count). The third-order valence-corrected chi connectivity index (χ3v) is 6.85. The molecule has 1 atom stereocenters. The van der Waals surface area contributed by atoms with Gasteiger partial charge < -0.3 is 0 Å². The molecule has 0 N–H and O–H groups in total. The first kappa shape index (κ1) is 22.5. The third kappa shape index (κ3) is 6.96. The Kier molecular flexibility index (Phi) is 9.09. The van der Waals surface area contributed by atoms with Crippen LogP contribution in [0.25, 0.3) is 0 Å². The molecule has 26 heavy (non-hydrogen) atoms. The number of rotatable bonds is 7. The van der Waals surface area contributed by atoms with Crippen molar-refractivity contribution in [1.82, 2.24) is 0 Å². The Hall–Kier alpha value is -1.59. The largest absolute Gasteiger partial charge is 0.300 e. The Labute approximate surface area is 162 Å². The molecule has 0 amide bonds. The molecule has 0 radical (unpaired) electrons. The summed E-state index contributed by atoms with van der Waals surface area (Å²) in [7, 11) is -3.47. The lowest BCUT2D eigenvalue weighted by Gasteiger charge is -2.14. The summed E-state index contributed by atoms with van der Waals surface area (Å²) >= 11 is 1.52. The number of thioether (sulfide) groups is 1. The van der Waals surface area contributed by atoms with Gasteiger partial charge in [0.2, 0.25) is 0 Å². The van der Waals surface area contributed by atoms with Crippen LogP contribution in [0.15, 0.2) is 58.3 Å². The Balaban J connectivity index is 0.00000163. The predicted octanol–water partition coefficient (Wildman–Crippen LogP) is 5.10. The molecule has 2 aromatic carbocycles. The molecule has 0 saturated heterocycles. The second-order valence-electron chi connectivity index (χ2n) is 6.03. The van der Waals surface area contributed by atoms with Crippen molar-refractivity contribution in [3.8, 4) is 0 Å². The smallest absolute Gasteiger partial charge is 0.179 e. The molecule has 0 bridgehead atoms. The van der Waals surface area contributed by atoms with E-state index in [0.717, 1.165) is 10.5 Å². The van der Waals surface area contributed by atoms with Crippen LogP contribution in [0.2, 0.25) is 0 Å². The average Bonchev–Trinajstić information content (AvgIpc) is 2.62. The number of carbonyl (C=O) groups excluding carboxylic acids is 1. The molecule has 0 aliphatic carbocycles. The fourth-order valence-electron chi connectivity index (χ4n) is 2.22. The van der Waals surface area contributed by atoms with Crippen molar-refractivity contribution in [2.45, 2.75) is 44.4 Å². The van der Waals surface area contributed by atoms with Crippen molar-refractivity contribution in [2.24, 2.45) is 5.92 Å². The number of sulfone groups is 1. The van der Waals surface area contributed by atoms with Gasteiger partial charge in [0, 0.05) is 16.6 Å². The standard InChI is InChI=1S/C19H22O3S2.C2H6/c1-14-4-8-18(9-5-14)23-12-17(16(3)20)13-24(21,22)19-10-6-15(2)7-11-19;1-2/h4-11,17H,12-13H2,1-3H3;1-2H3. The topological polar surface area (TPSA) is 51.2 Å². The maximum atomic E-state index is 12.6. The minimum absolute atomic E-state index is 0.0923. The first-order valence-electron chi connectivity index (χ1n) is 8.77. The third-order valence-electron chi connectivity index (χ3n) is 3.85. The first-order valence-corrected chi connectivity index (χ1v) is 11.4. The van der Waals surface area contributed by atoms with Crippen LogP contribution >= 0.6 is 11.8 Å². The van der Waals surface area contributed by atoms with E-state index in [1.807, 2.05) is 52.0 Å². The van der Waals surface area contributed by atoms with E-state index in [1.165, 1.54) is 24.2 Å². The van der Waals surface area contributed by atoms with Crippen molar-refractivity contribution in [3.63, 3.8) is 0 Å². The fraction of sp³-hybridized carbons (Fsp3) is 0.381. The monoisotopic (exact) mass is 392 g/mol. The normalized spacial score (nSPS) is 12.0. The SMILES string of the molecule is CC.CC(=O)C(CSc1ccc(C)cc1)CS(=O)(=O)c1ccc(C)cc1. The van der Waals surface area contributed by atoms with Gasteiger partial charge in [-0.25, -0.2) is 8.42 Å². The fourth-order valence-corrected chi connectivity index (χ4v) is 5.07. The maximum absolute atomic E-state index is 12.6. The van der Waals surface area contributed by atoms with E-state index in [9.17, 15) is 13.2 Å². The maximum Gasteiger partial charge on any atom is 0.179 e. The molecule has 3 nitrogen and oxygen atoms in total. The van der Waals surface area contributed by atoms with Crippen LogP contribution in [0, 0.1) is 19.8 Å². The molecule has 0 heterocycles. The molecule has 0 spiro atoms. The number of ketones is 1. The highest BCUT2D eigenvalue weighted by Crippen LogP contribution is 2.24. The molecule has 0 fully saturated rings. The zero-order chi connectivity index (χ0) is 19.7. The van der Waals surface area contributed by atoms with Gasteiger partial charge in [0.25, 0.3) is 0 Å². The van der Waals surface area contributed by atoms with Crippen LogP contribution in [0.5, 0.6) is 0 Å². The molecule has 0 aliphatic heterocycles. The van der Waals surface area contributed by atoms with E-state index in [1.54, 1.807) is 24.3 Å². The molecular weight excluding hydrogens is 364 g/mol. The van der Waals surface area contributed by atoms with E-state index in [2.05, 4.69) is 0 Å².